The van der Waals surface area contributed by atoms with Crippen molar-refractivity contribution < 1.29 is 0 Å². The molecule has 2 heteroatoms. The third-order valence-corrected chi connectivity index (χ3v) is 11.9. The SMILES string of the molecule is CC1(C)c2ccccc2-c2ccc(N(c3ccc(-c4ccccc4)c4ccccc34)c3cccc4c3sc3c5ccccc5ccc43)cc21. The summed E-state index contributed by atoms with van der Waals surface area (Å²) in [7, 11) is 0. The molecule has 0 saturated heterocycles. The zero-order valence-corrected chi connectivity index (χ0v) is 28.3. The minimum atomic E-state index is -0.102. The molecule has 0 radical (unpaired) electrons. The molecule has 0 aliphatic heterocycles. The summed E-state index contributed by atoms with van der Waals surface area (Å²) in [5.41, 5.74) is 11.4. The molecule has 0 saturated carbocycles. The van der Waals surface area contributed by atoms with E-state index >= 15 is 0 Å². The van der Waals surface area contributed by atoms with Crippen LogP contribution in [0.4, 0.5) is 17.1 Å². The number of nitrogens with zero attached hydrogens (tertiary/aromatic N) is 1. The Morgan fingerprint density at radius 2 is 1.10 bits per heavy atom. The summed E-state index contributed by atoms with van der Waals surface area (Å²) in [5, 5.41) is 7.69. The van der Waals surface area contributed by atoms with E-state index in [2.05, 4.69) is 183 Å². The average molecular weight is 644 g/mol. The second kappa shape index (κ2) is 10.7. The Morgan fingerprint density at radius 3 is 1.98 bits per heavy atom. The van der Waals surface area contributed by atoms with Crippen LogP contribution in [0.25, 0.3) is 64.0 Å². The molecular formula is C47H33NS. The summed E-state index contributed by atoms with van der Waals surface area (Å²) in [6.07, 6.45) is 0. The molecule has 0 spiro atoms. The third-order valence-electron chi connectivity index (χ3n) is 10.7. The van der Waals surface area contributed by atoms with Gasteiger partial charge in [0, 0.05) is 32.0 Å². The zero-order valence-electron chi connectivity index (χ0n) is 27.4. The minimum Gasteiger partial charge on any atom is -0.308 e. The van der Waals surface area contributed by atoms with Gasteiger partial charge in [0.05, 0.1) is 16.1 Å². The highest BCUT2D eigenvalue weighted by atomic mass is 32.1. The largest absolute Gasteiger partial charge is 0.308 e. The van der Waals surface area contributed by atoms with E-state index in [1.165, 1.54) is 92.2 Å². The van der Waals surface area contributed by atoms with Gasteiger partial charge in [-0.05, 0) is 73.8 Å². The van der Waals surface area contributed by atoms with Gasteiger partial charge in [-0.1, -0.05) is 153 Å². The first kappa shape index (κ1) is 28.3. The lowest BCUT2D eigenvalue weighted by molar-refractivity contribution is 0.660. The Bertz CT molecular complexity index is 2750. The molecule has 49 heavy (non-hydrogen) atoms. The van der Waals surface area contributed by atoms with Gasteiger partial charge in [0.15, 0.2) is 0 Å². The lowest BCUT2D eigenvalue weighted by atomic mass is 9.82. The normalized spacial score (nSPS) is 13.3. The van der Waals surface area contributed by atoms with E-state index in [0.29, 0.717) is 0 Å². The molecule has 0 fully saturated rings. The predicted octanol–water partition coefficient (Wildman–Crippen LogP) is 13.8. The van der Waals surface area contributed by atoms with Crippen molar-refractivity contribution in [3.63, 3.8) is 0 Å². The maximum atomic E-state index is 2.52. The number of hydrogen-bond acceptors (Lipinski definition) is 2. The quantitative estimate of drug-likeness (QED) is 0.184. The van der Waals surface area contributed by atoms with Crippen LogP contribution in [0.5, 0.6) is 0 Å². The molecule has 232 valence electrons. The summed E-state index contributed by atoms with van der Waals surface area (Å²) < 4.78 is 2.64. The smallest absolute Gasteiger partial charge is 0.0640 e. The van der Waals surface area contributed by atoms with E-state index in [0.717, 1.165) is 0 Å². The first-order chi connectivity index (χ1) is 24.1. The predicted molar refractivity (Wildman–Crippen MR) is 212 cm³/mol. The highest BCUT2D eigenvalue weighted by Gasteiger charge is 2.36. The van der Waals surface area contributed by atoms with Crippen molar-refractivity contribution in [1.82, 2.24) is 0 Å². The minimum absolute atomic E-state index is 0.102. The van der Waals surface area contributed by atoms with Crippen molar-refractivity contribution >= 4 is 70.1 Å². The molecule has 0 amide bonds. The van der Waals surface area contributed by atoms with Crippen molar-refractivity contribution in [3.05, 3.63) is 175 Å². The van der Waals surface area contributed by atoms with Crippen LogP contribution in [0.2, 0.25) is 0 Å². The number of fused-ring (bicyclic) bond motifs is 9. The number of benzene rings is 8. The Kier molecular flexibility index (Phi) is 6.16. The van der Waals surface area contributed by atoms with E-state index in [4.69, 9.17) is 0 Å². The van der Waals surface area contributed by atoms with Gasteiger partial charge in [-0.3, -0.25) is 0 Å². The van der Waals surface area contributed by atoms with Crippen LogP contribution in [0, 0.1) is 0 Å². The molecule has 0 bridgehead atoms. The zero-order chi connectivity index (χ0) is 32.7. The van der Waals surface area contributed by atoms with Crippen LogP contribution in [0.1, 0.15) is 25.0 Å². The van der Waals surface area contributed by atoms with Gasteiger partial charge in [-0.15, -0.1) is 11.3 Å². The van der Waals surface area contributed by atoms with E-state index in [-0.39, 0.29) is 5.41 Å². The number of hydrogen-bond donors (Lipinski definition) is 0. The monoisotopic (exact) mass is 643 g/mol. The van der Waals surface area contributed by atoms with Crippen molar-refractivity contribution in [3.8, 4) is 22.3 Å². The number of thiophene rings is 1. The van der Waals surface area contributed by atoms with Gasteiger partial charge in [0.25, 0.3) is 0 Å². The highest BCUT2D eigenvalue weighted by molar-refractivity contribution is 7.27. The summed E-state index contributed by atoms with van der Waals surface area (Å²) in [5.74, 6) is 0. The molecule has 0 unspecified atom stereocenters. The lowest BCUT2D eigenvalue weighted by Crippen LogP contribution is -2.16. The molecule has 1 aliphatic carbocycles. The Morgan fingerprint density at radius 1 is 0.429 bits per heavy atom. The molecule has 1 aliphatic rings. The second-order valence-electron chi connectivity index (χ2n) is 13.7. The standard InChI is InChI=1S/C47H33NS/c1-47(2)41-21-11-10-18-36(41)37-26-24-32(29-42(37)47)48(43-28-27-33(30-13-4-3-5-14-30)35-17-8-9-19-38(35)43)44-22-12-20-39-40-25-23-31-15-6-7-16-34(31)45(40)49-46(39)44/h3-29H,1-2H3. The maximum Gasteiger partial charge on any atom is 0.0640 e. The van der Waals surface area contributed by atoms with E-state index in [1.54, 1.807) is 0 Å². The van der Waals surface area contributed by atoms with E-state index in [1.807, 2.05) is 11.3 Å². The molecule has 1 nitrogen and oxygen atoms in total. The number of rotatable bonds is 4. The van der Waals surface area contributed by atoms with E-state index in [9.17, 15) is 0 Å². The Hall–Kier alpha value is -5.70. The summed E-state index contributed by atoms with van der Waals surface area (Å²) >= 11 is 1.91. The van der Waals surface area contributed by atoms with Gasteiger partial charge >= 0.3 is 0 Å². The van der Waals surface area contributed by atoms with Crippen LogP contribution < -0.4 is 4.90 Å². The van der Waals surface area contributed by atoms with Gasteiger partial charge < -0.3 is 4.90 Å². The Labute approximate surface area is 290 Å². The second-order valence-corrected chi connectivity index (χ2v) is 14.7. The van der Waals surface area contributed by atoms with Gasteiger partial charge in [0.1, 0.15) is 0 Å². The van der Waals surface area contributed by atoms with Crippen LogP contribution in [0.3, 0.4) is 0 Å². The molecule has 8 aromatic carbocycles. The van der Waals surface area contributed by atoms with Crippen LogP contribution in [-0.2, 0) is 5.41 Å². The fourth-order valence-corrected chi connectivity index (χ4v) is 9.61. The van der Waals surface area contributed by atoms with Gasteiger partial charge in [0.2, 0.25) is 0 Å². The summed E-state index contributed by atoms with van der Waals surface area (Å²) in [4.78, 5) is 2.52. The van der Waals surface area contributed by atoms with Crippen LogP contribution in [-0.4, -0.2) is 0 Å². The number of anilines is 3. The van der Waals surface area contributed by atoms with Crippen molar-refractivity contribution in [2.45, 2.75) is 19.3 Å². The third kappa shape index (κ3) is 4.17. The van der Waals surface area contributed by atoms with Crippen molar-refractivity contribution in [2.75, 3.05) is 4.90 Å². The first-order valence-corrected chi connectivity index (χ1v) is 17.8. The van der Waals surface area contributed by atoms with Gasteiger partial charge in [-0.25, -0.2) is 0 Å². The topological polar surface area (TPSA) is 3.24 Å². The summed E-state index contributed by atoms with van der Waals surface area (Å²) in [6, 6.07) is 60.5. The van der Waals surface area contributed by atoms with Gasteiger partial charge in [-0.2, -0.15) is 0 Å². The highest BCUT2D eigenvalue weighted by Crippen LogP contribution is 2.53. The van der Waals surface area contributed by atoms with Crippen LogP contribution in [0.15, 0.2) is 164 Å². The van der Waals surface area contributed by atoms with Crippen LogP contribution >= 0.6 is 11.3 Å². The first-order valence-electron chi connectivity index (χ1n) is 17.0. The fraction of sp³-hybridized carbons (Fsp3) is 0.0638. The Balaban J connectivity index is 1.28. The fourth-order valence-electron chi connectivity index (χ4n) is 8.27. The maximum absolute atomic E-state index is 2.52. The van der Waals surface area contributed by atoms with Crippen molar-refractivity contribution in [1.29, 1.82) is 0 Å². The molecule has 0 N–H and O–H groups in total. The lowest BCUT2D eigenvalue weighted by Gasteiger charge is -2.30. The molecule has 1 heterocycles. The molecular weight excluding hydrogens is 611 g/mol. The van der Waals surface area contributed by atoms with Crippen molar-refractivity contribution in [2.24, 2.45) is 0 Å². The molecule has 10 rings (SSSR count). The van der Waals surface area contributed by atoms with E-state index < -0.39 is 0 Å². The molecule has 1 aromatic heterocycles. The molecule has 0 atom stereocenters. The summed E-state index contributed by atoms with van der Waals surface area (Å²) in [6.45, 7) is 4.74. The average Bonchev–Trinajstić information content (AvgIpc) is 3.65. The molecule has 9 aromatic rings.